The zero-order valence-corrected chi connectivity index (χ0v) is 36.5. The number of aliphatic imine (C=N–C) groups is 1. The van der Waals surface area contributed by atoms with Crippen molar-refractivity contribution in [2.45, 2.75) is 90.0 Å². The molecule has 0 saturated carbocycles. The molecule has 0 radical (unpaired) electrons. The second-order valence-corrected chi connectivity index (χ2v) is 17.5. The summed E-state index contributed by atoms with van der Waals surface area (Å²) in [5.74, 6) is 1.77. The molecule has 0 amide bonds. The first kappa shape index (κ1) is 44.1. The molecule has 6 rings (SSSR count). The lowest BCUT2D eigenvalue weighted by Crippen LogP contribution is -2.41. The quantitative estimate of drug-likeness (QED) is 0.0551. The molecule has 2 aliphatic rings. The summed E-state index contributed by atoms with van der Waals surface area (Å²) in [5.41, 5.74) is 2.04. The van der Waals surface area contributed by atoms with Crippen LogP contribution >= 0.6 is 8.30 Å². The molecule has 1 aromatic heterocycles. The van der Waals surface area contributed by atoms with E-state index in [-0.39, 0.29) is 31.0 Å². The van der Waals surface area contributed by atoms with E-state index in [0.717, 1.165) is 53.2 Å². The number of hydrogen-bond acceptors (Lipinski definition) is 10. The number of nitrogens with zero attached hydrogens (tertiary/aromatic N) is 6. The van der Waals surface area contributed by atoms with Crippen molar-refractivity contribution < 1.29 is 23.5 Å². The van der Waals surface area contributed by atoms with E-state index in [1.54, 1.807) is 25.0 Å². The number of nitriles is 1. The Labute approximate surface area is 350 Å². The Morgan fingerprint density at radius 2 is 1.61 bits per heavy atom. The van der Waals surface area contributed by atoms with Crippen molar-refractivity contribution in [1.29, 1.82) is 5.26 Å². The third-order valence-corrected chi connectivity index (χ3v) is 13.8. The number of rotatable bonds is 18. The van der Waals surface area contributed by atoms with Gasteiger partial charge in [-0.2, -0.15) is 10.2 Å². The minimum Gasteiger partial charge on any atom is -0.497 e. The first-order valence-electron chi connectivity index (χ1n) is 20.5. The van der Waals surface area contributed by atoms with Gasteiger partial charge < -0.3 is 28.4 Å². The molecule has 59 heavy (non-hydrogen) atoms. The fraction of sp³-hybridized carbons (Fsp3) is 0.478. The fourth-order valence-electron chi connectivity index (χ4n) is 8.42. The number of likely N-dealkylation sites (tertiary alicyclic amines) is 1. The van der Waals surface area contributed by atoms with Gasteiger partial charge in [0.1, 0.15) is 31.6 Å². The van der Waals surface area contributed by atoms with Gasteiger partial charge in [-0.25, -0.2) is 9.79 Å². The van der Waals surface area contributed by atoms with E-state index in [4.69, 9.17) is 28.5 Å². The van der Waals surface area contributed by atoms with Gasteiger partial charge in [-0.15, -0.1) is 0 Å². The van der Waals surface area contributed by atoms with Crippen LogP contribution in [0, 0.1) is 24.2 Å². The highest BCUT2D eigenvalue weighted by molar-refractivity contribution is 7.50. The van der Waals surface area contributed by atoms with Gasteiger partial charge in [0.05, 0.1) is 38.9 Å². The summed E-state index contributed by atoms with van der Waals surface area (Å²) >= 11 is 0. The smallest absolute Gasteiger partial charge is 0.351 e. The van der Waals surface area contributed by atoms with E-state index in [1.807, 2.05) is 74.6 Å². The minimum absolute atomic E-state index is 0.140. The summed E-state index contributed by atoms with van der Waals surface area (Å²) in [7, 11) is 4.08. The molecule has 314 valence electrons. The maximum Gasteiger partial charge on any atom is 0.351 e. The highest BCUT2D eigenvalue weighted by Gasteiger charge is 2.50. The van der Waals surface area contributed by atoms with Crippen molar-refractivity contribution in [2.24, 2.45) is 10.9 Å². The Kier molecular flexibility index (Phi) is 15.1. The number of aryl methyl sites for hydroxylation is 1. The van der Waals surface area contributed by atoms with E-state index < -0.39 is 38.0 Å². The predicted molar refractivity (Wildman–Crippen MR) is 232 cm³/mol. The van der Waals surface area contributed by atoms with Crippen LogP contribution in [-0.4, -0.2) is 96.4 Å². The van der Waals surface area contributed by atoms with E-state index in [0.29, 0.717) is 18.6 Å². The van der Waals surface area contributed by atoms with Crippen LogP contribution in [0.3, 0.4) is 0 Å². The average Bonchev–Trinajstić information content (AvgIpc) is 3.81. The highest BCUT2D eigenvalue weighted by atomic mass is 31.2. The highest BCUT2D eigenvalue weighted by Crippen LogP contribution is 2.51. The largest absolute Gasteiger partial charge is 0.497 e. The molecular formula is C46H59N6O6P. The van der Waals surface area contributed by atoms with Gasteiger partial charge in [-0.05, 0) is 69.9 Å². The number of methoxy groups -OCH3 is 2. The van der Waals surface area contributed by atoms with Gasteiger partial charge >= 0.3 is 5.69 Å². The van der Waals surface area contributed by atoms with Crippen molar-refractivity contribution in [3.8, 4) is 11.8 Å². The van der Waals surface area contributed by atoms with Gasteiger partial charge in [-0.1, -0.05) is 72.8 Å². The zero-order chi connectivity index (χ0) is 42.1. The molecular weight excluding hydrogens is 764 g/mol. The predicted octanol–water partition coefficient (Wildman–Crippen LogP) is 8.21. The number of benzene rings is 3. The van der Waals surface area contributed by atoms with Gasteiger partial charge in [-0.3, -0.25) is 9.24 Å². The molecule has 2 aliphatic heterocycles. The Balaban J connectivity index is 1.46. The number of hydrogen-bond donors (Lipinski definition) is 0. The van der Waals surface area contributed by atoms with Crippen LogP contribution in [0.1, 0.15) is 75.4 Å². The van der Waals surface area contributed by atoms with Crippen LogP contribution in [0.5, 0.6) is 5.75 Å². The molecule has 3 heterocycles. The molecule has 2 saturated heterocycles. The first-order chi connectivity index (χ1) is 28.5. The van der Waals surface area contributed by atoms with Crippen molar-refractivity contribution in [3.05, 3.63) is 124 Å². The van der Waals surface area contributed by atoms with Gasteiger partial charge in [0.25, 0.3) is 0 Å². The molecule has 2 fully saturated rings. The number of ether oxygens (including phenoxy) is 4. The average molecular weight is 823 g/mol. The molecule has 3 aromatic carbocycles. The summed E-state index contributed by atoms with van der Waals surface area (Å²) in [5, 5.41) is 9.47. The van der Waals surface area contributed by atoms with Crippen LogP contribution in [0.4, 0.5) is 5.82 Å². The molecule has 5 atom stereocenters. The Morgan fingerprint density at radius 1 is 0.983 bits per heavy atom. The maximum atomic E-state index is 14.0. The first-order valence-corrected chi connectivity index (χ1v) is 21.9. The SMILES string of the molecule is COc1ccc(C(OC[C@H]2O[C@@H](n3cc(C)c(N=C4CCCN4C)nc3=O)[C@H](OC)[C@@H]2CP(OCCC#N)N(C(C)C)C(C)C)(c2ccccc2)c2ccccc2)cc1. The van der Waals surface area contributed by atoms with Gasteiger partial charge in [0.15, 0.2) is 12.0 Å². The van der Waals surface area contributed by atoms with Crippen molar-refractivity contribution in [1.82, 2.24) is 19.1 Å². The fourth-order valence-corrected chi connectivity index (χ4v) is 11.0. The molecule has 0 N–H and O–H groups in total. The van der Waals surface area contributed by atoms with Crippen molar-refractivity contribution in [3.63, 3.8) is 0 Å². The Morgan fingerprint density at radius 3 is 2.15 bits per heavy atom. The monoisotopic (exact) mass is 822 g/mol. The van der Waals surface area contributed by atoms with Crippen LogP contribution in [0.15, 0.2) is 101 Å². The summed E-state index contributed by atoms with van der Waals surface area (Å²) in [4.78, 5) is 25.4. The Bertz CT molecular complexity index is 2040. The lowest BCUT2D eigenvalue weighted by atomic mass is 9.80. The summed E-state index contributed by atoms with van der Waals surface area (Å²) < 4.78 is 36.9. The molecule has 0 aliphatic carbocycles. The third-order valence-electron chi connectivity index (χ3n) is 11.2. The van der Waals surface area contributed by atoms with Gasteiger partial charge in [0.2, 0.25) is 0 Å². The number of aromatic nitrogens is 2. The van der Waals surface area contributed by atoms with Crippen LogP contribution in [0.25, 0.3) is 0 Å². The lowest BCUT2D eigenvalue weighted by Gasteiger charge is -2.40. The Hall–Kier alpha value is -4.47. The van der Waals surface area contributed by atoms with E-state index in [2.05, 4.69) is 72.6 Å². The molecule has 13 heteroatoms. The van der Waals surface area contributed by atoms with E-state index in [9.17, 15) is 10.1 Å². The maximum absolute atomic E-state index is 14.0. The second kappa shape index (κ2) is 20.2. The third kappa shape index (κ3) is 9.78. The summed E-state index contributed by atoms with van der Waals surface area (Å²) in [6.07, 6.45) is 2.52. The standard InChI is InChI=1S/C46H59N6O6P/c1-32(2)52(33(3)4)59(57-28-16-26-47)31-39-40(58-44(42(39)55-8)51-29-34(5)43(49-45(51)53)48-41-21-15-27-50(41)6)30-56-46(35-17-11-9-12-18-35,36-19-13-10-14-20-36)37-22-24-38(54-7)25-23-37/h9-14,17-20,22-25,29,32-33,39-40,42,44H,15-16,21,27-28,30-31H2,1-8H3/t39-,40-,42-,44-,59?/m1/s1. The minimum atomic E-state index is -1.25. The van der Waals surface area contributed by atoms with Crippen LogP contribution in [0.2, 0.25) is 0 Å². The second-order valence-electron chi connectivity index (χ2n) is 15.7. The lowest BCUT2D eigenvalue weighted by molar-refractivity contribution is -0.0926. The van der Waals surface area contributed by atoms with Crippen molar-refractivity contribution in [2.75, 3.05) is 47.2 Å². The number of amidine groups is 1. The molecule has 0 bridgehead atoms. The van der Waals surface area contributed by atoms with E-state index in [1.165, 1.54) is 0 Å². The van der Waals surface area contributed by atoms with Crippen LogP contribution < -0.4 is 10.4 Å². The molecule has 12 nitrogen and oxygen atoms in total. The van der Waals surface area contributed by atoms with Crippen LogP contribution in [-0.2, 0) is 24.3 Å². The molecule has 1 unspecified atom stereocenters. The zero-order valence-electron chi connectivity index (χ0n) is 35.7. The van der Waals surface area contributed by atoms with E-state index >= 15 is 0 Å². The molecule has 0 spiro atoms. The summed E-state index contributed by atoms with van der Waals surface area (Å²) in [6.45, 7) is 11.9. The summed E-state index contributed by atoms with van der Waals surface area (Å²) in [6, 6.07) is 30.9. The molecule has 4 aromatic rings. The van der Waals surface area contributed by atoms with Gasteiger partial charge in [0, 0.05) is 63.0 Å². The van der Waals surface area contributed by atoms with Crippen molar-refractivity contribution >= 4 is 20.0 Å². The topological polar surface area (TPSA) is 124 Å². The normalized spacial score (nSPS) is 20.8.